The van der Waals surface area contributed by atoms with Crippen LogP contribution in [-0.2, 0) is 0 Å². The topological polar surface area (TPSA) is 20.3 Å². The highest BCUT2D eigenvalue weighted by atomic mass is 19.1. The standard InChI is InChI=1S/C11H14FNO/c1-8(2)13(3)11-5-4-9(7-14)6-10(11)12/h4-8H,1-3H3. The summed E-state index contributed by atoms with van der Waals surface area (Å²) >= 11 is 0. The van der Waals surface area contributed by atoms with Crippen molar-refractivity contribution in [3.8, 4) is 0 Å². The van der Waals surface area contributed by atoms with Gasteiger partial charge in [0.15, 0.2) is 0 Å². The van der Waals surface area contributed by atoms with Gasteiger partial charge in [-0.15, -0.1) is 0 Å². The summed E-state index contributed by atoms with van der Waals surface area (Å²) in [5.74, 6) is -0.356. The van der Waals surface area contributed by atoms with Crippen LogP contribution in [0.25, 0.3) is 0 Å². The van der Waals surface area contributed by atoms with Gasteiger partial charge >= 0.3 is 0 Å². The molecule has 0 amide bonds. The first kappa shape index (κ1) is 10.7. The summed E-state index contributed by atoms with van der Waals surface area (Å²) < 4.78 is 13.4. The second-order valence-corrected chi connectivity index (χ2v) is 3.53. The molecule has 1 rings (SSSR count). The average Bonchev–Trinajstić information content (AvgIpc) is 2.16. The van der Waals surface area contributed by atoms with Crippen LogP contribution in [0, 0.1) is 5.82 Å². The summed E-state index contributed by atoms with van der Waals surface area (Å²) in [6, 6.07) is 4.72. The molecule has 0 bridgehead atoms. The molecule has 3 heteroatoms. The first-order chi connectivity index (χ1) is 6.56. The van der Waals surface area contributed by atoms with Crippen molar-refractivity contribution in [1.29, 1.82) is 0 Å². The van der Waals surface area contributed by atoms with Crippen molar-refractivity contribution < 1.29 is 9.18 Å². The maximum absolute atomic E-state index is 13.4. The lowest BCUT2D eigenvalue weighted by Gasteiger charge is -2.24. The molecule has 2 nitrogen and oxygen atoms in total. The molecule has 0 spiro atoms. The number of nitrogens with zero attached hydrogens (tertiary/aromatic N) is 1. The van der Waals surface area contributed by atoms with Gasteiger partial charge in [-0.3, -0.25) is 4.79 Å². The first-order valence-electron chi connectivity index (χ1n) is 4.54. The predicted octanol–water partition coefficient (Wildman–Crippen LogP) is 2.48. The Labute approximate surface area is 83.3 Å². The van der Waals surface area contributed by atoms with Crippen molar-refractivity contribution in [2.24, 2.45) is 0 Å². The number of anilines is 1. The first-order valence-corrected chi connectivity index (χ1v) is 4.54. The maximum atomic E-state index is 13.4. The third kappa shape index (κ3) is 2.10. The molecule has 0 aliphatic carbocycles. The third-order valence-corrected chi connectivity index (χ3v) is 2.26. The molecule has 0 saturated carbocycles. The summed E-state index contributed by atoms with van der Waals surface area (Å²) in [4.78, 5) is 12.2. The molecule has 0 N–H and O–H groups in total. The van der Waals surface area contributed by atoms with E-state index in [4.69, 9.17) is 0 Å². The smallest absolute Gasteiger partial charge is 0.150 e. The Morgan fingerprint density at radius 2 is 2.07 bits per heavy atom. The third-order valence-electron chi connectivity index (χ3n) is 2.26. The van der Waals surface area contributed by atoms with Crippen LogP contribution < -0.4 is 4.90 Å². The van der Waals surface area contributed by atoms with Crippen molar-refractivity contribution in [1.82, 2.24) is 0 Å². The minimum Gasteiger partial charge on any atom is -0.370 e. The van der Waals surface area contributed by atoms with Crippen molar-refractivity contribution in [3.63, 3.8) is 0 Å². The fourth-order valence-corrected chi connectivity index (χ4v) is 1.16. The fraction of sp³-hybridized carbons (Fsp3) is 0.364. The molecule has 0 aliphatic heterocycles. The Morgan fingerprint density at radius 1 is 1.43 bits per heavy atom. The molecule has 0 aromatic heterocycles. The summed E-state index contributed by atoms with van der Waals surface area (Å²) in [5, 5.41) is 0. The summed E-state index contributed by atoms with van der Waals surface area (Å²) in [6.45, 7) is 3.96. The van der Waals surface area contributed by atoms with E-state index in [9.17, 15) is 9.18 Å². The van der Waals surface area contributed by atoms with Gasteiger partial charge in [-0.1, -0.05) is 0 Å². The van der Waals surface area contributed by atoms with E-state index in [0.29, 0.717) is 17.5 Å². The quantitative estimate of drug-likeness (QED) is 0.690. The predicted molar refractivity (Wildman–Crippen MR) is 55.3 cm³/mol. The van der Waals surface area contributed by atoms with Gasteiger partial charge in [-0.05, 0) is 32.0 Å². The molecule has 0 aliphatic rings. The zero-order chi connectivity index (χ0) is 10.7. The Bertz CT molecular complexity index is 336. The van der Waals surface area contributed by atoms with Gasteiger partial charge in [0, 0.05) is 18.7 Å². The summed E-state index contributed by atoms with van der Waals surface area (Å²) in [6.07, 6.45) is 0.641. The molecule has 1 aromatic rings. The Hall–Kier alpha value is -1.38. The number of hydrogen-bond acceptors (Lipinski definition) is 2. The fourth-order valence-electron chi connectivity index (χ4n) is 1.16. The number of carbonyl (C=O) groups is 1. The molecular weight excluding hydrogens is 181 g/mol. The molecule has 0 radical (unpaired) electrons. The number of carbonyl (C=O) groups excluding carboxylic acids is 1. The minimum atomic E-state index is -0.356. The summed E-state index contributed by atoms with van der Waals surface area (Å²) in [7, 11) is 1.82. The number of benzene rings is 1. The highest BCUT2D eigenvalue weighted by molar-refractivity contribution is 5.75. The highest BCUT2D eigenvalue weighted by Gasteiger charge is 2.10. The van der Waals surface area contributed by atoms with Crippen LogP contribution in [0.2, 0.25) is 0 Å². The van der Waals surface area contributed by atoms with Crippen molar-refractivity contribution in [2.75, 3.05) is 11.9 Å². The summed E-state index contributed by atoms with van der Waals surface area (Å²) in [5.41, 5.74) is 0.883. The Kier molecular flexibility index (Phi) is 3.23. The minimum absolute atomic E-state index is 0.228. The molecule has 0 saturated heterocycles. The van der Waals surface area contributed by atoms with Crippen LogP contribution >= 0.6 is 0 Å². The van der Waals surface area contributed by atoms with Gasteiger partial charge < -0.3 is 4.90 Å². The van der Waals surface area contributed by atoms with Crippen molar-refractivity contribution in [3.05, 3.63) is 29.6 Å². The van der Waals surface area contributed by atoms with E-state index in [1.807, 2.05) is 25.8 Å². The Morgan fingerprint density at radius 3 is 2.50 bits per heavy atom. The molecule has 0 unspecified atom stereocenters. The van der Waals surface area contributed by atoms with E-state index < -0.39 is 0 Å². The van der Waals surface area contributed by atoms with Gasteiger partial charge in [0.05, 0.1) is 5.69 Å². The zero-order valence-corrected chi connectivity index (χ0v) is 8.62. The van der Waals surface area contributed by atoms with Crippen LogP contribution in [-0.4, -0.2) is 19.4 Å². The van der Waals surface area contributed by atoms with Crippen LogP contribution in [0.1, 0.15) is 24.2 Å². The molecule has 0 atom stereocenters. The van der Waals surface area contributed by atoms with E-state index in [2.05, 4.69) is 0 Å². The van der Waals surface area contributed by atoms with Gasteiger partial charge in [-0.25, -0.2) is 4.39 Å². The van der Waals surface area contributed by atoms with Crippen molar-refractivity contribution in [2.45, 2.75) is 19.9 Å². The second kappa shape index (κ2) is 4.22. The zero-order valence-electron chi connectivity index (χ0n) is 8.62. The molecule has 0 heterocycles. The van der Waals surface area contributed by atoms with E-state index in [0.717, 1.165) is 0 Å². The molecule has 14 heavy (non-hydrogen) atoms. The van der Waals surface area contributed by atoms with E-state index in [1.165, 1.54) is 6.07 Å². The normalized spacial score (nSPS) is 10.4. The number of halogens is 1. The Balaban J connectivity index is 3.05. The number of aldehydes is 1. The number of rotatable bonds is 3. The number of hydrogen-bond donors (Lipinski definition) is 0. The van der Waals surface area contributed by atoms with Gasteiger partial charge in [0.2, 0.25) is 0 Å². The molecule has 76 valence electrons. The second-order valence-electron chi connectivity index (χ2n) is 3.53. The lowest BCUT2D eigenvalue weighted by atomic mass is 10.2. The lowest BCUT2D eigenvalue weighted by molar-refractivity contribution is 0.112. The van der Waals surface area contributed by atoms with Gasteiger partial charge in [0.1, 0.15) is 12.1 Å². The van der Waals surface area contributed by atoms with Crippen LogP contribution in [0.15, 0.2) is 18.2 Å². The van der Waals surface area contributed by atoms with Gasteiger partial charge in [-0.2, -0.15) is 0 Å². The van der Waals surface area contributed by atoms with Crippen molar-refractivity contribution >= 4 is 12.0 Å². The monoisotopic (exact) mass is 195 g/mol. The van der Waals surface area contributed by atoms with Crippen LogP contribution in [0.3, 0.4) is 0 Å². The largest absolute Gasteiger partial charge is 0.370 e. The van der Waals surface area contributed by atoms with E-state index in [-0.39, 0.29) is 11.9 Å². The maximum Gasteiger partial charge on any atom is 0.150 e. The van der Waals surface area contributed by atoms with E-state index >= 15 is 0 Å². The highest BCUT2D eigenvalue weighted by Crippen LogP contribution is 2.20. The lowest BCUT2D eigenvalue weighted by Crippen LogP contribution is -2.26. The average molecular weight is 195 g/mol. The molecule has 0 fully saturated rings. The van der Waals surface area contributed by atoms with Crippen LogP contribution in [0.4, 0.5) is 10.1 Å². The molecule has 1 aromatic carbocycles. The van der Waals surface area contributed by atoms with Gasteiger partial charge in [0.25, 0.3) is 0 Å². The van der Waals surface area contributed by atoms with Crippen LogP contribution in [0.5, 0.6) is 0 Å². The molecular formula is C11H14FNO. The SMILES string of the molecule is CC(C)N(C)c1ccc(C=O)cc1F. The van der Waals surface area contributed by atoms with E-state index in [1.54, 1.807) is 12.1 Å².